The molecule has 166 valence electrons. The van der Waals surface area contributed by atoms with Gasteiger partial charge in [-0.3, -0.25) is 29.5 Å². The van der Waals surface area contributed by atoms with Gasteiger partial charge in [0.15, 0.2) is 5.36 Å². The first kappa shape index (κ1) is 23.0. The van der Waals surface area contributed by atoms with Crippen molar-refractivity contribution in [2.75, 3.05) is 10.9 Å². The third-order valence-corrected chi connectivity index (χ3v) is 5.72. The van der Waals surface area contributed by atoms with Crippen molar-refractivity contribution < 1.29 is 25.9 Å². The number of nitrogens with one attached hydrogen (secondary N) is 2. The van der Waals surface area contributed by atoms with Crippen LogP contribution in [0.2, 0.25) is 0 Å². The molecule has 0 aliphatic carbocycles. The fourth-order valence-corrected chi connectivity index (χ4v) is 3.34. The number of hydrogen-bond acceptors (Lipinski definition) is 10. The molecule has 0 saturated heterocycles. The van der Waals surface area contributed by atoms with Crippen LogP contribution in [0.5, 0.6) is 0 Å². The summed E-state index contributed by atoms with van der Waals surface area (Å²) in [6.45, 7) is 0. The van der Waals surface area contributed by atoms with Crippen molar-refractivity contribution >= 4 is 31.6 Å². The molecule has 0 bridgehead atoms. The van der Waals surface area contributed by atoms with Crippen molar-refractivity contribution in [2.24, 2.45) is 10.2 Å². The molecule has 14 heteroatoms. The number of anilines is 2. The standard InChI is InChI=1S/C18H14N4O8S2/c23-16-10-9-15(21-19-11-1-5-13(6-2-11)31(25,26)27)18(24)17(16)22-20-12-3-7-14(8-4-12)32(28,29)30/h1-10,19-20H,(H,25,26,27)(H,28,29,30)/b21-15+,22-17+. The Morgan fingerprint density at radius 1 is 0.625 bits per heavy atom. The van der Waals surface area contributed by atoms with Crippen molar-refractivity contribution in [1.29, 1.82) is 0 Å². The Balaban J connectivity index is 1.88. The van der Waals surface area contributed by atoms with E-state index >= 15 is 0 Å². The van der Waals surface area contributed by atoms with Gasteiger partial charge >= 0.3 is 0 Å². The number of nitrogens with zero attached hydrogens (tertiary/aromatic N) is 2. The van der Waals surface area contributed by atoms with Gasteiger partial charge in [0.25, 0.3) is 20.2 Å². The van der Waals surface area contributed by atoms with Gasteiger partial charge in [-0.15, -0.1) is 0 Å². The SMILES string of the molecule is O=c1cc/c(=N\Nc2ccc(S(=O)(=O)O)cc2)c(=O)/c1=N/Nc1ccc(S(=O)(=O)O)cc1. The van der Waals surface area contributed by atoms with Crippen LogP contribution in [0.1, 0.15) is 0 Å². The van der Waals surface area contributed by atoms with Gasteiger partial charge in [-0.25, -0.2) is 0 Å². The first-order valence-corrected chi connectivity index (χ1v) is 11.4. The Kier molecular flexibility index (Phi) is 6.31. The predicted octanol–water partition coefficient (Wildman–Crippen LogP) is -0.368. The minimum atomic E-state index is -4.36. The van der Waals surface area contributed by atoms with Gasteiger partial charge in [0.2, 0.25) is 10.9 Å². The van der Waals surface area contributed by atoms with E-state index in [2.05, 4.69) is 21.1 Å². The lowest BCUT2D eigenvalue weighted by atomic mass is 10.3. The molecular formula is C18H14N4O8S2. The van der Waals surface area contributed by atoms with Crippen molar-refractivity contribution in [3.8, 4) is 0 Å². The topological polar surface area (TPSA) is 192 Å². The lowest BCUT2D eigenvalue weighted by Crippen LogP contribution is -2.47. The molecule has 3 rings (SSSR count). The predicted molar refractivity (Wildman–Crippen MR) is 112 cm³/mol. The lowest BCUT2D eigenvalue weighted by molar-refractivity contribution is 0.481. The van der Waals surface area contributed by atoms with Crippen LogP contribution < -0.4 is 32.4 Å². The first-order chi connectivity index (χ1) is 14.9. The summed E-state index contributed by atoms with van der Waals surface area (Å²) in [6, 6.07) is 11.9. The van der Waals surface area contributed by atoms with E-state index in [0.29, 0.717) is 5.69 Å². The summed E-state index contributed by atoms with van der Waals surface area (Å²) in [7, 11) is -8.71. The Labute approximate surface area is 180 Å². The summed E-state index contributed by atoms with van der Waals surface area (Å²) in [6.07, 6.45) is 0. The molecule has 0 heterocycles. The Morgan fingerprint density at radius 3 is 1.50 bits per heavy atom. The molecule has 0 aliphatic rings. The Hall–Kier alpha value is -3.72. The Morgan fingerprint density at radius 2 is 1.06 bits per heavy atom. The van der Waals surface area contributed by atoms with Gasteiger partial charge in [-0.1, -0.05) is 0 Å². The van der Waals surface area contributed by atoms with Crippen LogP contribution in [0.15, 0.2) is 90.2 Å². The van der Waals surface area contributed by atoms with E-state index in [4.69, 9.17) is 9.11 Å². The average molecular weight is 478 g/mol. The van der Waals surface area contributed by atoms with Crippen LogP contribution in [-0.2, 0) is 20.2 Å². The molecule has 0 aliphatic heterocycles. The maximum Gasteiger partial charge on any atom is 0.294 e. The largest absolute Gasteiger partial charge is 0.294 e. The molecule has 0 atom stereocenters. The molecule has 3 aromatic carbocycles. The zero-order valence-electron chi connectivity index (χ0n) is 15.8. The maximum absolute atomic E-state index is 12.5. The molecule has 4 N–H and O–H groups in total. The van der Waals surface area contributed by atoms with E-state index in [1.807, 2.05) is 0 Å². The van der Waals surface area contributed by atoms with Crippen molar-refractivity contribution in [2.45, 2.75) is 9.79 Å². The van der Waals surface area contributed by atoms with E-state index in [-0.39, 0.29) is 20.8 Å². The second kappa shape index (κ2) is 8.80. The van der Waals surface area contributed by atoms with Gasteiger partial charge in [-0.2, -0.15) is 27.0 Å². The number of benzene rings is 3. The van der Waals surface area contributed by atoms with E-state index in [9.17, 15) is 26.4 Å². The third-order valence-electron chi connectivity index (χ3n) is 3.98. The van der Waals surface area contributed by atoms with Crippen LogP contribution in [0.3, 0.4) is 0 Å². The van der Waals surface area contributed by atoms with Gasteiger partial charge < -0.3 is 0 Å². The van der Waals surface area contributed by atoms with Crippen LogP contribution in [0.25, 0.3) is 0 Å². The van der Waals surface area contributed by atoms with Gasteiger partial charge in [-0.05, 0) is 60.7 Å². The van der Waals surface area contributed by atoms with Crippen molar-refractivity contribution in [3.63, 3.8) is 0 Å². The van der Waals surface area contributed by atoms with Gasteiger partial charge in [0, 0.05) is 0 Å². The van der Waals surface area contributed by atoms with Gasteiger partial charge in [0.1, 0.15) is 5.36 Å². The van der Waals surface area contributed by atoms with Crippen LogP contribution >= 0.6 is 0 Å². The normalized spacial score (nSPS) is 13.2. The fraction of sp³-hybridized carbons (Fsp3) is 0. The highest BCUT2D eigenvalue weighted by Crippen LogP contribution is 2.14. The quantitative estimate of drug-likeness (QED) is 0.268. The first-order valence-electron chi connectivity index (χ1n) is 8.55. The molecule has 0 fully saturated rings. The van der Waals surface area contributed by atoms with Gasteiger partial charge in [0.05, 0.1) is 21.2 Å². The molecule has 0 amide bonds. The molecule has 12 nitrogen and oxygen atoms in total. The summed E-state index contributed by atoms with van der Waals surface area (Å²) in [5.41, 5.74) is 4.03. The van der Waals surface area contributed by atoms with Crippen LogP contribution in [-0.4, -0.2) is 25.9 Å². The number of rotatable bonds is 6. The minimum absolute atomic E-state index is 0.161. The summed E-state index contributed by atoms with van der Waals surface area (Å²) < 4.78 is 62.1. The summed E-state index contributed by atoms with van der Waals surface area (Å²) in [5.74, 6) is 0. The highest BCUT2D eigenvalue weighted by molar-refractivity contribution is 7.86. The zero-order chi connectivity index (χ0) is 23.5. The smallest absolute Gasteiger partial charge is 0.287 e. The highest BCUT2D eigenvalue weighted by atomic mass is 32.2. The van der Waals surface area contributed by atoms with Crippen LogP contribution in [0, 0.1) is 0 Å². The molecule has 0 saturated carbocycles. The lowest BCUT2D eigenvalue weighted by Gasteiger charge is -2.01. The van der Waals surface area contributed by atoms with Crippen molar-refractivity contribution in [1.82, 2.24) is 0 Å². The maximum atomic E-state index is 12.5. The molecule has 3 aromatic rings. The third kappa shape index (κ3) is 5.50. The second-order valence-electron chi connectivity index (χ2n) is 6.21. The molecule has 0 spiro atoms. The fourth-order valence-electron chi connectivity index (χ4n) is 2.38. The molecular weight excluding hydrogens is 464 g/mol. The molecule has 32 heavy (non-hydrogen) atoms. The summed E-state index contributed by atoms with van der Waals surface area (Å²) in [5, 5.41) is 6.98. The van der Waals surface area contributed by atoms with E-state index in [0.717, 1.165) is 30.3 Å². The molecule has 0 unspecified atom stereocenters. The van der Waals surface area contributed by atoms with E-state index in [1.54, 1.807) is 0 Å². The number of hydrogen-bond donors (Lipinski definition) is 4. The average Bonchev–Trinajstić information content (AvgIpc) is 2.72. The van der Waals surface area contributed by atoms with Crippen molar-refractivity contribution in [3.05, 3.63) is 91.8 Å². The molecule has 0 radical (unpaired) electrons. The second-order valence-corrected chi connectivity index (χ2v) is 9.05. The zero-order valence-corrected chi connectivity index (χ0v) is 17.5. The Bertz CT molecular complexity index is 1590. The minimum Gasteiger partial charge on any atom is -0.287 e. The summed E-state index contributed by atoms with van der Waals surface area (Å²) in [4.78, 5) is 23.9. The van der Waals surface area contributed by atoms with E-state index < -0.39 is 36.5 Å². The van der Waals surface area contributed by atoms with E-state index in [1.165, 1.54) is 30.3 Å². The monoisotopic (exact) mass is 478 g/mol. The van der Waals surface area contributed by atoms with Crippen LogP contribution in [0.4, 0.5) is 11.4 Å². The summed E-state index contributed by atoms with van der Waals surface area (Å²) >= 11 is 0. The molecule has 0 aromatic heterocycles. The highest BCUT2D eigenvalue weighted by Gasteiger charge is 2.09.